The second-order valence-corrected chi connectivity index (χ2v) is 6.65. The fraction of sp³-hybridized carbons (Fsp3) is 0.286. The number of fused-ring (bicyclic) bond motifs is 1. The Hall–Kier alpha value is -3.55. The van der Waals surface area contributed by atoms with E-state index < -0.39 is 17.0 Å². The van der Waals surface area contributed by atoms with Crippen molar-refractivity contribution in [3.63, 3.8) is 0 Å². The van der Waals surface area contributed by atoms with Crippen LogP contribution in [0.5, 0.6) is 5.75 Å². The molecule has 0 fully saturated rings. The van der Waals surface area contributed by atoms with Gasteiger partial charge in [0.05, 0.1) is 6.54 Å². The SMILES string of the molecule is CCN(CC)c1ccc2cc(C(=O)NCc3cc(=O)c(O)cn3C)c(=O)oc2c1. The number of carbonyl (C=O) groups excluding carboxylic acids is 1. The molecule has 3 rings (SSSR count). The van der Waals surface area contributed by atoms with Gasteiger partial charge in [0.15, 0.2) is 5.75 Å². The van der Waals surface area contributed by atoms with E-state index in [0.29, 0.717) is 16.7 Å². The van der Waals surface area contributed by atoms with Crippen molar-refractivity contribution in [2.75, 3.05) is 18.0 Å². The van der Waals surface area contributed by atoms with Gasteiger partial charge in [0.2, 0.25) is 5.43 Å². The third kappa shape index (κ3) is 4.16. The van der Waals surface area contributed by atoms with E-state index in [0.717, 1.165) is 18.8 Å². The van der Waals surface area contributed by atoms with Gasteiger partial charge in [-0.3, -0.25) is 9.59 Å². The number of aryl methyl sites for hydroxylation is 1. The Morgan fingerprint density at radius 2 is 1.90 bits per heavy atom. The molecule has 1 amide bonds. The lowest BCUT2D eigenvalue weighted by Crippen LogP contribution is -2.29. The molecule has 0 aliphatic rings. The first kappa shape index (κ1) is 20.2. The number of aromatic hydroxyl groups is 1. The predicted molar refractivity (Wildman–Crippen MR) is 111 cm³/mol. The minimum Gasteiger partial charge on any atom is -0.503 e. The van der Waals surface area contributed by atoms with Gasteiger partial charge in [0, 0.05) is 55.2 Å². The highest BCUT2D eigenvalue weighted by molar-refractivity contribution is 5.96. The molecule has 0 radical (unpaired) electrons. The number of rotatable bonds is 6. The fourth-order valence-electron chi connectivity index (χ4n) is 3.14. The summed E-state index contributed by atoms with van der Waals surface area (Å²) in [5.74, 6) is -0.976. The normalized spacial score (nSPS) is 10.9. The smallest absolute Gasteiger partial charge is 0.349 e. The number of benzene rings is 1. The van der Waals surface area contributed by atoms with Crippen LogP contribution in [0.2, 0.25) is 0 Å². The van der Waals surface area contributed by atoms with Crippen molar-refractivity contribution in [3.8, 4) is 5.75 Å². The zero-order valence-electron chi connectivity index (χ0n) is 16.6. The summed E-state index contributed by atoms with van der Waals surface area (Å²) in [7, 11) is 1.64. The summed E-state index contributed by atoms with van der Waals surface area (Å²) in [6.45, 7) is 5.75. The lowest BCUT2D eigenvalue weighted by molar-refractivity contribution is 0.0946. The molecule has 0 saturated carbocycles. The van der Waals surface area contributed by atoms with Crippen LogP contribution in [0.15, 0.2) is 50.5 Å². The Balaban J connectivity index is 1.85. The van der Waals surface area contributed by atoms with Gasteiger partial charge >= 0.3 is 5.63 Å². The van der Waals surface area contributed by atoms with Crippen molar-refractivity contribution in [1.29, 1.82) is 0 Å². The number of nitrogens with zero attached hydrogens (tertiary/aromatic N) is 2. The number of nitrogens with one attached hydrogen (secondary N) is 1. The summed E-state index contributed by atoms with van der Waals surface area (Å²) in [4.78, 5) is 38.5. The van der Waals surface area contributed by atoms with E-state index in [1.807, 2.05) is 26.0 Å². The predicted octanol–water partition coefficient (Wildman–Crippen LogP) is 1.97. The Morgan fingerprint density at radius 1 is 1.17 bits per heavy atom. The number of anilines is 1. The zero-order valence-corrected chi connectivity index (χ0v) is 16.6. The van der Waals surface area contributed by atoms with E-state index in [9.17, 15) is 19.5 Å². The first-order valence-corrected chi connectivity index (χ1v) is 9.33. The van der Waals surface area contributed by atoms with Crippen LogP contribution in [-0.4, -0.2) is 28.7 Å². The van der Waals surface area contributed by atoms with Crippen LogP contribution in [0.3, 0.4) is 0 Å². The minimum atomic E-state index is -0.730. The average Bonchev–Trinajstić information content (AvgIpc) is 2.69. The van der Waals surface area contributed by atoms with E-state index in [1.165, 1.54) is 22.9 Å². The van der Waals surface area contributed by atoms with Crippen LogP contribution in [-0.2, 0) is 13.6 Å². The highest BCUT2D eigenvalue weighted by Crippen LogP contribution is 2.22. The van der Waals surface area contributed by atoms with E-state index in [-0.39, 0.29) is 17.9 Å². The van der Waals surface area contributed by atoms with Gasteiger partial charge in [-0.2, -0.15) is 0 Å². The molecule has 0 saturated heterocycles. The molecular formula is C21H23N3O5. The summed E-state index contributed by atoms with van der Waals surface area (Å²) in [6, 6.07) is 8.25. The standard InChI is InChI=1S/C21H23N3O5/c1-4-24(5-2)14-7-6-13-8-16(21(28)29-19(13)10-14)20(27)22-11-15-9-17(25)18(26)12-23(15)3/h6-10,12,26H,4-5,11H2,1-3H3,(H,22,27). The zero-order chi connectivity index (χ0) is 21.1. The number of aromatic nitrogens is 1. The van der Waals surface area contributed by atoms with Gasteiger partial charge in [0.25, 0.3) is 5.91 Å². The largest absolute Gasteiger partial charge is 0.503 e. The van der Waals surface area contributed by atoms with Crippen LogP contribution in [0, 0.1) is 0 Å². The number of hydrogen-bond donors (Lipinski definition) is 2. The molecule has 152 valence electrons. The molecule has 0 atom stereocenters. The summed E-state index contributed by atoms with van der Waals surface area (Å²) < 4.78 is 6.90. The number of hydrogen-bond acceptors (Lipinski definition) is 6. The van der Waals surface area contributed by atoms with E-state index in [1.54, 1.807) is 13.1 Å². The molecule has 2 heterocycles. The monoisotopic (exact) mass is 397 g/mol. The molecule has 3 aromatic rings. The third-order valence-electron chi connectivity index (χ3n) is 4.84. The highest BCUT2D eigenvalue weighted by Gasteiger charge is 2.15. The summed E-state index contributed by atoms with van der Waals surface area (Å²) in [5.41, 5.74) is 0.452. The van der Waals surface area contributed by atoms with Gasteiger partial charge in [0.1, 0.15) is 11.1 Å². The molecule has 0 bridgehead atoms. The second kappa shape index (κ2) is 8.22. The van der Waals surface area contributed by atoms with E-state index in [2.05, 4.69) is 10.2 Å². The molecule has 0 aliphatic carbocycles. The van der Waals surface area contributed by atoms with Crippen LogP contribution in [0.1, 0.15) is 29.9 Å². The minimum absolute atomic E-state index is 0.0171. The second-order valence-electron chi connectivity index (χ2n) is 6.65. The topological polar surface area (TPSA) is 105 Å². The molecule has 1 aromatic carbocycles. The summed E-state index contributed by atoms with van der Waals surface area (Å²) >= 11 is 0. The fourth-order valence-corrected chi connectivity index (χ4v) is 3.14. The lowest BCUT2D eigenvalue weighted by atomic mass is 10.1. The average molecular weight is 397 g/mol. The van der Waals surface area contributed by atoms with E-state index >= 15 is 0 Å². The maximum Gasteiger partial charge on any atom is 0.349 e. The van der Waals surface area contributed by atoms with Crippen molar-refractivity contribution in [2.24, 2.45) is 7.05 Å². The number of carbonyl (C=O) groups is 1. The van der Waals surface area contributed by atoms with Crippen LogP contribution < -0.4 is 21.3 Å². The van der Waals surface area contributed by atoms with Crippen molar-refractivity contribution < 1.29 is 14.3 Å². The van der Waals surface area contributed by atoms with Crippen molar-refractivity contribution >= 4 is 22.6 Å². The van der Waals surface area contributed by atoms with Crippen molar-refractivity contribution in [1.82, 2.24) is 9.88 Å². The van der Waals surface area contributed by atoms with Gasteiger partial charge in [-0.1, -0.05) is 0 Å². The maximum atomic E-state index is 12.5. The highest BCUT2D eigenvalue weighted by atomic mass is 16.4. The summed E-state index contributed by atoms with van der Waals surface area (Å²) in [5, 5.41) is 12.7. The van der Waals surface area contributed by atoms with Crippen LogP contribution in [0.25, 0.3) is 11.0 Å². The molecule has 2 aromatic heterocycles. The maximum absolute atomic E-state index is 12.5. The molecule has 29 heavy (non-hydrogen) atoms. The van der Waals surface area contributed by atoms with Crippen molar-refractivity contribution in [3.05, 3.63) is 68.4 Å². The first-order chi connectivity index (χ1) is 13.8. The molecule has 8 nitrogen and oxygen atoms in total. The third-order valence-corrected chi connectivity index (χ3v) is 4.84. The Morgan fingerprint density at radius 3 is 2.59 bits per heavy atom. The lowest BCUT2D eigenvalue weighted by Gasteiger charge is -2.21. The molecule has 2 N–H and O–H groups in total. The summed E-state index contributed by atoms with van der Waals surface area (Å²) in [6.07, 6.45) is 1.27. The quantitative estimate of drug-likeness (QED) is 0.616. The number of amides is 1. The molecular weight excluding hydrogens is 374 g/mol. The van der Waals surface area contributed by atoms with E-state index in [4.69, 9.17) is 4.42 Å². The van der Waals surface area contributed by atoms with Gasteiger partial charge in [-0.15, -0.1) is 0 Å². The molecule has 8 heteroatoms. The van der Waals surface area contributed by atoms with Gasteiger partial charge in [-0.05, 0) is 32.0 Å². The number of pyridine rings is 1. The van der Waals surface area contributed by atoms with Crippen molar-refractivity contribution in [2.45, 2.75) is 20.4 Å². The molecule has 0 spiro atoms. The molecule has 0 aliphatic heterocycles. The Bertz CT molecular complexity index is 1180. The van der Waals surface area contributed by atoms with Crippen LogP contribution >= 0.6 is 0 Å². The first-order valence-electron chi connectivity index (χ1n) is 9.33. The van der Waals surface area contributed by atoms with Gasteiger partial charge < -0.3 is 24.3 Å². The Kier molecular flexibility index (Phi) is 5.72. The van der Waals surface area contributed by atoms with Gasteiger partial charge in [-0.25, -0.2) is 4.79 Å². The Labute approximate surface area is 167 Å². The molecule has 0 unspecified atom stereocenters. The van der Waals surface area contributed by atoms with Crippen LogP contribution in [0.4, 0.5) is 5.69 Å².